The molecule has 0 fully saturated rings. The van der Waals surface area contributed by atoms with Gasteiger partial charge in [-0.15, -0.1) is 0 Å². The number of hydrogen-bond acceptors (Lipinski definition) is 5. The number of methoxy groups -OCH3 is 1. The third kappa shape index (κ3) is 4.44. The van der Waals surface area contributed by atoms with Gasteiger partial charge in [0, 0.05) is 30.8 Å². The van der Waals surface area contributed by atoms with Gasteiger partial charge in [0.1, 0.15) is 5.82 Å². The summed E-state index contributed by atoms with van der Waals surface area (Å²) in [5.41, 5.74) is 1.30. The zero-order chi connectivity index (χ0) is 23.0. The Hall–Kier alpha value is -3.04. The second-order valence-corrected chi connectivity index (χ2v) is 7.91. The SMILES string of the molecule is COc1cc(CN2CCc3c(nc(-c4ccc(C(F)(F)F)cc4)[nH]c3=O)C2)cc(Cl)c1O. The second kappa shape index (κ2) is 8.48. The van der Waals surface area contributed by atoms with Crippen LogP contribution in [0.3, 0.4) is 0 Å². The number of halogens is 4. The van der Waals surface area contributed by atoms with Crippen LogP contribution in [0.1, 0.15) is 22.4 Å². The fraction of sp³-hybridized carbons (Fsp3) is 0.273. The first kappa shape index (κ1) is 22.2. The Labute approximate surface area is 186 Å². The van der Waals surface area contributed by atoms with E-state index in [9.17, 15) is 23.1 Å². The number of H-pyrrole nitrogens is 1. The van der Waals surface area contributed by atoms with E-state index in [2.05, 4.69) is 14.9 Å². The molecular formula is C22H19ClF3N3O3. The Morgan fingerprint density at radius 1 is 1.25 bits per heavy atom. The van der Waals surface area contributed by atoms with Gasteiger partial charge in [-0.05, 0) is 36.2 Å². The van der Waals surface area contributed by atoms with Crippen LogP contribution >= 0.6 is 11.6 Å². The minimum Gasteiger partial charge on any atom is -0.503 e. The molecule has 0 saturated carbocycles. The Kier molecular flexibility index (Phi) is 5.87. The van der Waals surface area contributed by atoms with Crippen molar-refractivity contribution in [2.75, 3.05) is 13.7 Å². The van der Waals surface area contributed by atoms with Crippen LogP contribution in [0.5, 0.6) is 11.5 Å². The summed E-state index contributed by atoms with van der Waals surface area (Å²) in [5, 5.41) is 10.1. The number of rotatable bonds is 4. The van der Waals surface area contributed by atoms with Gasteiger partial charge in [-0.1, -0.05) is 23.7 Å². The van der Waals surface area contributed by atoms with Gasteiger partial charge in [0.2, 0.25) is 0 Å². The molecule has 2 aromatic carbocycles. The second-order valence-electron chi connectivity index (χ2n) is 7.50. The highest BCUT2D eigenvalue weighted by Gasteiger charge is 2.30. The molecule has 6 nitrogen and oxygen atoms in total. The number of aromatic hydroxyl groups is 1. The molecular weight excluding hydrogens is 447 g/mol. The van der Waals surface area contributed by atoms with Crippen molar-refractivity contribution in [2.45, 2.75) is 25.7 Å². The van der Waals surface area contributed by atoms with E-state index in [1.165, 1.54) is 19.2 Å². The first-order chi connectivity index (χ1) is 15.2. The average molecular weight is 466 g/mol. The highest BCUT2D eigenvalue weighted by Crippen LogP contribution is 2.35. The monoisotopic (exact) mass is 465 g/mol. The van der Waals surface area contributed by atoms with E-state index in [1.54, 1.807) is 12.1 Å². The molecule has 0 amide bonds. The lowest BCUT2D eigenvalue weighted by Crippen LogP contribution is -2.35. The van der Waals surface area contributed by atoms with Crippen LogP contribution in [0.2, 0.25) is 5.02 Å². The van der Waals surface area contributed by atoms with Crippen LogP contribution in [0.25, 0.3) is 11.4 Å². The fourth-order valence-corrected chi connectivity index (χ4v) is 3.95. The fourth-order valence-electron chi connectivity index (χ4n) is 3.71. The third-order valence-electron chi connectivity index (χ3n) is 5.35. The largest absolute Gasteiger partial charge is 0.503 e. The van der Waals surface area contributed by atoms with Gasteiger partial charge in [0.15, 0.2) is 11.5 Å². The van der Waals surface area contributed by atoms with Gasteiger partial charge < -0.3 is 14.8 Å². The first-order valence-electron chi connectivity index (χ1n) is 9.73. The van der Waals surface area contributed by atoms with Crippen molar-refractivity contribution < 1.29 is 23.0 Å². The molecule has 1 aliphatic rings. The number of phenolic OH excluding ortho intramolecular Hbond substituents is 1. The number of aromatic nitrogens is 2. The molecule has 0 aliphatic carbocycles. The van der Waals surface area contributed by atoms with Crippen molar-refractivity contribution in [3.05, 3.63) is 74.2 Å². The topological polar surface area (TPSA) is 78.5 Å². The molecule has 0 radical (unpaired) electrons. The Balaban J connectivity index is 1.59. The van der Waals surface area contributed by atoms with Gasteiger partial charge in [-0.3, -0.25) is 9.69 Å². The quantitative estimate of drug-likeness (QED) is 0.598. The number of nitrogens with one attached hydrogen (secondary N) is 1. The molecule has 3 aromatic rings. The maximum Gasteiger partial charge on any atom is 0.416 e. The molecule has 0 unspecified atom stereocenters. The molecule has 0 spiro atoms. The highest BCUT2D eigenvalue weighted by atomic mass is 35.5. The van der Waals surface area contributed by atoms with Crippen LogP contribution in [-0.4, -0.2) is 33.6 Å². The summed E-state index contributed by atoms with van der Waals surface area (Å²) in [6.07, 6.45) is -3.95. The summed E-state index contributed by atoms with van der Waals surface area (Å²) >= 11 is 6.07. The molecule has 2 N–H and O–H groups in total. The molecule has 10 heteroatoms. The summed E-state index contributed by atoms with van der Waals surface area (Å²) < 4.78 is 43.6. The van der Waals surface area contributed by atoms with Gasteiger partial charge in [-0.2, -0.15) is 13.2 Å². The predicted molar refractivity (Wildman–Crippen MR) is 113 cm³/mol. The van der Waals surface area contributed by atoms with E-state index in [0.29, 0.717) is 42.9 Å². The summed E-state index contributed by atoms with van der Waals surface area (Å²) in [4.78, 5) is 21.8. The van der Waals surface area contributed by atoms with E-state index < -0.39 is 11.7 Å². The zero-order valence-electron chi connectivity index (χ0n) is 17.0. The number of hydrogen-bond donors (Lipinski definition) is 2. The molecule has 1 aromatic heterocycles. The molecule has 168 valence electrons. The number of aromatic amines is 1. The maximum absolute atomic E-state index is 12.8. The maximum atomic E-state index is 12.8. The third-order valence-corrected chi connectivity index (χ3v) is 5.64. The minimum atomic E-state index is -4.43. The Morgan fingerprint density at radius 2 is 1.97 bits per heavy atom. The Morgan fingerprint density at radius 3 is 2.62 bits per heavy atom. The first-order valence-corrected chi connectivity index (χ1v) is 10.1. The van der Waals surface area contributed by atoms with Crippen molar-refractivity contribution in [2.24, 2.45) is 0 Å². The molecule has 32 heavy (non-hydrogen) atoms. The number of alkyl halides is 3. The van der Waals surface area contributed by atoms with Crippen molar-refractivity contribution in [3.63, 3.8) is 0 Å². The average Bonchev–Trinajstić information content (AvgIpc) is 2.75. The predicted octanol–water partition coefficient (Wildman–Crippen LogP) is 4.38. The molecule has 0 saturated heterocycles. The van der Waals surface area contributed by atoms with Gasteiger partial charge in [0.05, 0.1) is 23.4 Å². The molecule has 4 rings (SSSR count). The lowest BCUT2D eigenvalue weighted by molar-refractivity contribution is -0.137. The van der Waals surface area contributed by atoms with Crippen molar-refractivity contribution in [1.82, 2.24) is 14.9 Å². The minimum absolute atomic E-state index is 0.128. The van der Waals surface area contributed by atoms with Gasteiger partial charge in [-0.25, -0.2) is 4.98 Å². The molecule has 0 bridgehead atoms. The lowest BCUT2D eigenvalue weighted by atomic mass is 10.0. The van der Waals surface area contributed by atoms with Crippen LogP contribution in [0.15, 0.2) is 41.2 Å². The van der Waals surface area contributed by atoms with Crippen LogP contribution in [0.4, 0.5) is 13.2 Å². The smallest absolute Gasteiger partial charge is 0.416 e. The molecule has 2 heterocycles. The number of benzene rings is 2. The summed E-state index contributed by atoms with van der Waals surface area (Å²) in [5.74, 6) is 0.360. The van der Waals surface area contributed by atoms with Crippen molar-refractivity contribution in [1.29, 1.82) is 0 Å². The van der Waals surface area contributed by atoms with Crippen LogP contribution < -0.4 is 10.3 Å². The highest BCUT2D eigenvalue weighted by molar-refractivity contribution is 6.32. The van der Waals surface area contributed by atoms with E-state index >= 15 is 0 Å². The van der Waals surface area contributed by atoms with Gasteiger partial charge >= 0.3 is 6.18 Å². The van der Waals surface area contributed by atoms with E-state index in [0.717, 1.165) is 17.7 Å². The normalized spacial score (nSPS) is 14.3. The number of ether oxygens (including phenoxy) is 1. The lowest BCUT2D eigenvalue weighted by Gasteiger charge is -2.28. The van der Waals surface area contributed by atoms with E-state index in [1.807, 2.05) is 0 Å². The van der Waals surface area contributed by atoms with Crippen molar-refractivity contribution in [3.8, 4) is 22.9 Å². The Bertz CT molecular complexity index is 1210. The molecule has 1 aliphatic heterocycles. The standard InChI is InChI=1S/C22H19ClF3N3O3/c1-32-18-9-12(8-16(23)19(18)30)10-29-7-6-15-17(11-29)27-20(28-21(15)31)13-2-4-14(5-3-13)22(24,25)26/h2-5,8-9,30H,6-7,10-11H2,1H3,(H,27,28,31). The van der Waals surface area contributed by atoms with E-state index in [4.69, 9.17) is 16.3 Å². The summed E-state index contributed by atoms with van der Waals surface area (Å²) in [6.45, 7) is 1.48. The number of phenols is 1. The van der Waals surface area contributed by atoms with Crippen molar-refractivity contribution >= 4 is 11.6 Å². The van der Waals surface area contributed by atoms with Gasteiger partial charge in [0.25, 0.3) is 5.56 Å². The summed E-state index contributed by atoms with van der Waals surface area (Å²) in [6, 6.07) is 7.84. The number of fused-ring (bicyclic) bond motifs is 1. The van der Waals surface area contributed by atoms with E-state index in [-0.39, 0.29) is 27.9 Å². The molecule has 0 atom stereocenters. The number of nitrogens with zero attached hydrogens (tertiary/aromatic N) is 2. The zero-order valence-corrected chi connectivity index (χ0v) is 17.7. The summed E-state index contributed by atoms with van der Waals surface area (Å²) in [7, 11) is 1.44. The van der Waals surface area contributed by atoms with Crippen LogP contribution in [0, 0.1) is 0 Å². The van der Waals surface area contributed by atoms with Crippen LogP contribution in [-0.2, 0) is 25.7 Å².